The van der Waals surface area contributed by atoms with Crippen LogP contribution in [0.2, 0.25) is 0 Å². The first kappa shape index (κ1) is 7.27. The van der Waals surface area contributed by atoms with Crippen LogP contribution in [0.4, 0.5) is 0 Å². The van der Waals surface area contributed by atoms with Gasteiger partial charge in [0.1, 0.15) is 0 Å². The zero-order valence-corrected chi connectivity index (χ0v) is 5.59. The zero-order chi connectivity index (χ0) is 5.70. The lowest BCUT2D eigenvalue weighted by atomic mass is 10.6. The third kappa shape index (κ3) is 2.91. The number of thioether (sulfide) groups is 1. The van der Waals surface area contributed by atoms with Gasteiger partial charge < -0.3 is 11.1 Å². The number of hydrogen-bond donors (Lipinski definition) is 2. The fourth-order valence-electron chi connectivity index (χ4n) is 0.332. The van der Waals surface area contributed by atoms with E-state index in [1.165, 1.54) is 0 Å². The van der Waals surface area contributed by atoms with Crippen molar-refractivity contribution in [1.29, 1.82) is 0 Å². The molecule has 3 N–H and O–H groups in total. The maximum atomic E-state index is 5.31. The number of nitrogens with two attached hydrogens (primary N) is 1. The Labute approximate surface area is 48.8 Å². The van der Waals surface area contributed by atoms with Gasteiger partial charge in [0.25, 0.3) is 0 Å². The average molecular weight is 120 g/mol. The minimum absolute atomic E-state index is 0.431. The van der Waals surface area contributed by atoms with E-state index in [0.717, 1.165) is 0 Å². The molecule has 0 fully saturated rings. The number of nitrogens with one attached hydrogen (secondary N) is 1. The summed E-state index contributed by atoms with van der Waals surface area (Å²) in [6.07, 6.45) is 2.04. The molecule has 44 valence electrons. The van der Waals surface area contributed by atoms with E-state index < -0.39 is 0 Å². The van der Waals surface area contributed by atoms with Gasteiger partial charge in [-0.15, -0.1) is 11.8 Å². The lowest BCUT2D eigenvalue weighted by Gasteiger charge is -2.07. The molecule has 0 aliphatic carbocycles. The highest BCUT2D eigenvalue weighted by atomic mass is 32.2. The van der Waals surface area contributed by atoms with Crippen LogP contribution >= 0.6 is 11.8 Å². The Morgan fingerprint density at radius 3 is 2.43 bits per heavy atom. The fourth-order valence-corrected chi connectivity index (χ4v) is 0.760. The number of rotatable bonds is 3. The maximum Gasteiger partial charge on any atom is 0.0651 e. The molecule has 0 saturated carbocycles. The van der Waals surface area contributed by atoms with Gasteiger partial charge in [-0.25, -0.2) is 0 Å². The molecule has 0 aliphatic rings. The highest BCUT2D eigenvalue weighted by molar-refractivity contribution is 7.99. The molecule has 0 aromatic rings. The van der Waals surface area contributed by atoms with E-state index in [0.29, 0.717) is 11.9 Å². The molecule has 0 amide bonds. The lowest BCUT2D eigenvalue weighted by molar-refractivity contribution is 0.749. The van der Waals surface area contributed by atoms with E-state index in [9.17, 15) is 0 Å². The van der Waals surface area contributed by atoms with Gasteiger partial charge in [0, 0.05) is 6.54 Å². The molecule has 0 aromatic carbocycles. The highest BCUT2D eigenvalue weighted by Gasteiger charge is 1.95. The lowest BCUT2D eigenvalue weighted by Crippen LogP contribution is -2.29. The van der Waals surface area contributed by atoms with Crippen LogP contribution in [0.1, 0.15) is 0 Å². The van der Waals surface area contributed by atoms with Gasteiger partial charge >= 0.3 is 0 Å². The molecule has 1 unspecified atom stereocenters. The van der Waals surface area contributed by atoms with Crippen molar-refractivity contribution < 1.29 is 0 Å². The topological polar surface area (TPSA) is 38.0 Å². The summed E-state index contributed by atoms with van der Waals surface area (Å²) in [5, 5.41) is 3.47. The molecule has 0 radical (unpaired) electrons. The Balaban J connectivity index is 2.99. The van der Waals surface area contributed by atoms with Gasteiger partial charge in [0.15, 0.2) is 0 Å². The summed E-state index contributed by atoms with van der Waals surface area (Å²) in [5.41, 5.74) is 5.31. The van der Waals surface area contributed by atoms with Gasteiger partial charge in [0.05, 0.1) is 5.37 Å². The van der Waals surface area contributed by atoms with E-state index >= 15 is 0 Å². The first-order chi connectivity index (χ1) is 3.35. The third-order valence-corrected chi connectivity index (χ3v) is 1.82. The maximum absolute atomic E-state index is 5.31. The standard InChI is InChI=1S/C4H12N2S/c1-6-4(3-5)7-2/h4,6H,3,5H2,1-2H3. The van der Waals surface area contributed by atoms with Crippen molar-refractivity contribution >= 4 is 11.8 Å². The predicted molar refractivity (Wildman–Crippen MR) is 35.4 cm³/mol. The van der Waals surface area contributed by atoms with Gasteiger partial charge in [-0.05, 0) is 13.3 Å². The summed E-state index contributed by atoms with van der Waals surface area (Å²) in [4.78, 5) is 0. The smallest absolute Gasteiger partial charge is 0.0651 e. The Bertz CT molecular complexity index is 31.2. The van der Waals surface area contributed by atoms with Crippen LogP contribution < -0.4 is 11.1 Å². The van der Waals surface area contributed by atoms with Crippen LogP contribution in [0.25, 0.3) is 0 Å². The predicted octanol–water partition coefficient (Wildman–Crippen LogP) is -0.146. The second-order valence-electron chi connectivity index (χ2n) is 1.25. The Morgan fingerprint density at radius 1 is 1.86 bits per heavy atom. The van der Waals surface area contributed by atoms with Crippen molar-refractivity contribution in [3.05, 3.63) is 0 Å². The minimum atomic E-state index is 0.431. The zero-order valence-electron chi connectivity index (χ0n) is 4.77. The van der Waals surface area contributed by atoms with Crippen molar-refractivity contribution in [3.63, 3.8) is 0 Å². The monoisotopic (exact) mass is 120 g/mol. The van der Waals surface area contributed by atoms with Crippen LogP contribution in [-0.4, -0.2) is 25.2 Å². The molecule has 7 heavy (non-hydrogen) atoms. The van der Waals surface area contributed by atoms with Crippen molar-refractivity contribution in [2.45, 2.75) is 5.37 Å². The van der Waals surface area contributed by atoms with Gasteiger partial charge in [-0.2, -0.15) is 0 Å². The van der Waals surface area contributed by atoms with E-state index in [-0.39, 0.29) is 0 Å². The molecule has 0 saturated heterocycles. The van der Waals surface area contributed by atoms with Crippen LogP contribution in [0.5, 0.6) is 0 Å². The molecule has 3 heteroatoms. The summed E-state index contributed by atoms with van der Waals surface area (Å²) in [7, 11) is 1.91. The molecule has 2 nitrogen and oxygen atoms in total. The van der Waals surface area contributed by atoms with Gasteiger partial charge in [0.2, 0.25) is 0 Å². The SMILES string of the molecule is CNC(CN)SC. The molecule has 0 rings (SSSR count). The van der Waals surface area contributed by atoms with E-state index in [1.807, 2.05) is 13.3 Å². The molecule has 0 heterocycles. The van der Waals surface area contributed by atoms with Crippen molar-refractivity contribution in [2.75, 3.05) is 19.8 Å². The van der Waals surface area contributed by atoms with Crippen LogP contribution in [0, 0.1) is 0 Å². The fraction of sp³-hybridized carbons (Fsp3) is 1.00. The van der Waals surface area contributed by atoms with Gasteiger partial charge in [-0.1, -0.05) is 0 Å². The highest BCUT2D eigenvalue weighted by Crippen LogP contribution is 1.97. The van der Waals surface area contributed by atoms with Crippen molar-refractivity contribution in [3.8, 4) is 0 Å². The summed E-state index contributed by atoms with van der Waals surface area (Å²) >= 11 is 1.73. The number of likely N-dealkylation sites (N-methyl/N-ethyl adjacent to an activating group) is 1. The van der Waals surface area contributed by atoms with Crippen molar-refractivity contribution in [2.24, 2.45) is 5.73 Å². The normalized spacial score (nSPS) is 14.1. The first-order valence-corrected chi connectivity index (χ1v) is 3.54. The average Bonchev–Trinajstić information content (AvgIpc) is 1.72. The molecule has 1 atom stereocenters. The van der Waals surface area contributed by atoms with E-state index in [2.05, 4.69) is 5.32 Å². The second-order valence-corrected chi connectivity index (χ2v) is 2.29. The molecule has 0 bridgehead atoms. The molecule has 0 aromatic heterocycles. The van der Waals surface area contributed by atoms with Crippen molar-refractivity contribution in [1.82, 2.24) is 5.32 Å². The summed E-state index contributed by atoms with van der Waals surface area (Å²) < 4.78 is 0. The molecule has 0 spiro atoms. The molecular formula is C4H12N2S. The summed E-state index contributed by atoms with van der Waals surface area (Å²) in [6, 6.07) is 0. The molecule has 0 aliphatic heterocycles. The Kier molecular flexibility index (Phi) is 4.60. The largest absolute Gasteiger partial charge is 0.328 e. The quantitative estimate of drug-likeness (QED) is 0.509. The minimum Gasteiger partial charge on any atom is -0.328 e. The van der Waals surface area contributed by atoms with E-state index in [4.69, 9.17) is 5.73 Å². The Morgan fingerprint density at radius 2 is 2.43 bits per heavy atom. The third-order valence-electron chi connectivity index (χ3n) is 0.821. The number of hydrogen-bond acceptors (Lipinski definition) is 3. The summed E-state index contributed by atoms with van der Waals surface area (Å²) in [5.74, 6) is 0. The van der Waals surface area contributed by atoms with Crippen LogP contribution in [0.3, 0.4) is 0 Å². The van der Waals surface area contributed by atoms with Gasteiger partial charge in [-0.3, -0.25) is 0 Å². The molecular weight excluding hydrogens is 108 g/mol. The Hall–Kier alpha value is 0.270. The summed E-state index contributed by atoms with van der Waals surface area (Å²) in [6.45, 7) is 0.706. The second kappa shape index (κ2) is 4.43. The van der Waals surface area contributed by atoms with Crippen LogP contribution in [0.15, 0.2) is 0 Å². The first-order valence-electron chi connectivity index (χ1n) is 2.25. The van der Waals surface area contributed by atoms with E-state index in [1.54, 1.807) is 11.8 Å². The van der Waals surface area contributed by atoms with Crippen LogP contribution in [-0.2, 0) is 0 Å².